The second-order valence-corrected chi connectivity index (χ2v) is 14.1. The Balaban J connectivity index is 1.27. The van der Waals surface area contributed by atoms with Crippen LogP contribution in [0.4, 0.5) is 28.0 Å². The number of carbonyl (C=O) groups excluding carboxylic acids is 1. The lowest BCUT2D eigenvalue weighted by Gasteiger charge is -2.30. The first-order chi connectivity index (χ1) is 23.1. The van der Waals surface area contributed by atoms with E-state index >= 15 is 0 Å². The number of β-amino-alcohol motifs (C(OH)–C–C–N with tert-alkyl or cyclic N) is 1. The molecule has 1 aromatic heterocycles. The van der Waals surface area contributed by atoms with Crippen molar-refractivity contribution in [1.29, 1.82) is 0 Å². The van der Waals surface area contributed by atoms with E-state index in [1.54, 1.807) is 15.6 Å². The lowest BCUT2D eigenvalue weighted by atomic mass is 10.00. The van der Waals surface area contributed by atoms with Crippen LogP contribution >= 0.6 is 11.8 Å². The van der Waals surface area contributed by atoms with Gasteiger partial charge in [-0.2, -0.15) is 18.3 Å². The summed E-state index contributed by atoms with van der Waals surface area (Å²) >= 11 is 1.15. The van der Waals surface area contributed by atoms with Crippen molar-refractivity contribution in [3.63, 3.8) is 0 Å². The number of likely N-dealkylation sites (tertiary alicyclic amines) is 2. The van der Waals surface area contributed by atoms with E-state index in [0.717, 1.165) is 55.0 Å². The smallest absolute Gasteiger partial charge is 0.390 e. The number of alkyl halides is 4. The number of fused-ring (bicyclic) bond motifs is 1. The van der Waals surface area contributed by atoms with Gasteiger partial charge in [0.25, 0.3) is 0 Å². The molecule has 0 saturated carbocycles. The first kappa shape index (κ1) is 34.7. The number of carbonyl (C=O) groups is 1. The van der Waals surface area contributed by atoms with E-state index in [-0.39, 0.29) is 24.0 Å². The summed E-state index contributed by atoms with van der Waals surface area (Å²) in [4.78, 5) is 19.5. The number of para-hydroxylation sites is 1. The Kier molecular flexibility index (Phi) is 11.3. The van der Waals surface area contributed by atoms with Crippen molar-refractivity contribution in [2.75, 3.05) is 56.9 Å². The maximum atomic E-state index is 14.2. The van der Waals surface area contributed by atoms with Crippen LogP contribution < -0.4 is 5.32 Å². The zero-order valence-corrected chi connectivity index (χ0v) is 27.9. The van der Waals surface area contributed by atoms with E-state index in [1.807, 2.05) is 30.3 Å². The van der Waals surface area contributed by atoms with Gasteiger partial charge >= 0.3 is 12.2 Å². The van der Waals surface area contributed by atoms with Crippen LogP contribution in [0, 0.1) is 0 Å². The predicted octanol–water partition coefficient (Wildman–Crippen LogP) is 6.53. The van der Waals surface area contributed by atoms with E-state index in [9.17, 15) is 27.5 Å². The summed E-state index contributed by atoms with van der Waals surface area (Å²) in [5.74, 6) is 0.437. The molecule has 2 N–H and O–H groups in total. The van der Waals surface area contributed by atoms with Gasteiger partial charge in [-0.1, -0.05) is 30.7 Å². The predicted molar refractivity (Wildman–Crippen MR) is 180 cm³/mol. The summed E-state index contributed by atoms with van der Waals surface area (Å²) in [6.45, 7) is 5.14. The zero-order chi connectivity index (χ0) is 33.7. The number of piperidine rings is 2. The second kappa shape index (κ2) is 15.6. The standard InChI is InChI=1S/C35H44F4N6O2S/c36-26-11-16-42(17-12-26)19-20-48-32-21-25(9-10-30(32)35(37,38)39)33-29-24-44(34(47)40-27-7-3-1-4-8-27)18-13-31(29)45(41-33)23-28(46)22-43-14-5-2-6-15-43/h1,3-4,7-10,21,26,28,46H,2,5-6,11-20,22-24H2,(H,40,47)/t28-/m1/s1. The number of urea groups is 1. The molecular formula is C35H44F4N6O2S. The van der Waals surface area contributed by atoms with Crippen LogP contribution in [-0.2, 0) is 25.7 Å². The molecule has 0 aliphatic carbocycles. The number of hydrogen-bond donors (Lipinski definition) is 2. The second-order valence-electron chi connectivity index (χ2n) is 13.0. The van der Waals surface area contributed by atoms with Gasteiger partial charge in [-0.15, -0.1) is 11.8 Å². The molecule has 4 heterocycles. The third-order valence-electron chi connectivity index (χ3n) is 9.49. The molecule has 0 radical (unpaired) electrons. The summed E-state index contributed by atoms with van der Waals surface area (Å²) in [5.41, 5.74) is 2.69. The van der Waals surface area contributed by atoms with Crippen molar-refractivity contribution >= 4 is 23.5 Å². The molecule has 3 aromatic rings. The molecule has 6 rings (SSSR count). The molecule has 48 heavy (non-hydrogen) atoms. The van der Waals surface area contributed by atoms with Gasteiger partial charge in [-0.3, -0.25) is 4.68 Å². The first-order valence-electron chi connectivity index (χ1n) is 16.9. The van der Waals surface area contributed by atoms with Crippen molar-refractivity contribution in [3.8, 4) is 11.3 Å². The number of benzene rings is 2. The number of rotatable bonds is 10. The van der Waals surface area contributed by atoms with Gasteiger partial charge in [-0.05, 0) is 63.0 Å². The van der Waals surface area contributed by atoms with Gasteiger partial charge in [0.15, 0.2) is 0 Å². The molecule has 0 bridgehead atoms. The monoisotopic (exact) mass is 688 g/mol. The third kappa shape index (κ3) is 8.71. The average molecular weight is 689 g/mol. The minimum atomic E-state index is -4.53. The number of amides is 2. The summed E-state index contributed by atoms with van der Waals surface area (Å²) in [7, 11) is 0. The van der Waals surface area contributed by atoms with Crippen LogP contribution in [0.15, 0.2) is 53.4 Å². The number of halogens is 4. The molecule has 2 fully saturated rings. The number of nitrogens with one attached hydrogen (secondary N) is 1. The van der Waals surface area contributed by atoms with Gasteiger partial charge in [0.1, 0.15) is 6.17 Å². The molecule has 3 aliphatic rings. The third-order valence-corrected chi connectivity index (χ3v) is 10.5. The van der Waals surface area contributed by atoms with Crippen molar-refractivity contribution in [1.82, 2.24) is 24.5 Å². The largest absolute Gasteiger partial charge is 0.417 e. The first-order valence-corrected chi connectivity index (χ1v) is 17.9. The van der Waals surface area contributed by atoms with Crippen LogP contribution in [0.2, 0.25) is 0 Å². The van der Waals surface area contributed by atoms with E-state index in [2.05, 4.69) is 15.1 Å². The van der Waals surface area contributed by atoms with E-state index in [0.29, 0.717) is 74.7 Å². The maximum Gasteiger partial charge on any atom is 0.417 e. The Morgan fingerprint density at radius 2 is 1.73 bits per heavy atom. The molecule has 2 saturated heterocycles. The topological polar surface area (TPSA) is 76.9 Å². The summed E-state index contributed by atoms with van der Waals surface area (Å²) in [6.07, 6.45) is -1.18. The highest BCUT2D eigenvalue weighted by Gasteiger charge is 2.35. The van der Waals surface area contributed by atoms with E-state index < -0.39 is 24.0 Å². The molecule has 13 heteroatoms. The number of thioether (sulfide) groups is 1. The molecular weight excluding hydrogens is 644 g/mol. The summed E-state index contributed by atoms with van der Waals surface area (Å²) < 4.78 is 57.9. The zero-order valence-electron chi connectivity index (χ0n) is 27.1. The lowest BCUT2D eigenvalue weighted by molar-refractivity contribution is -0.139. The van der Waals surface area contributed by atoms with Crippen LogP contribution in [0.25, 0.3) is 11.3 Å². The molecule has 0 unspecified atom stereocenters. The van der Waals surface area contributed by atoms with Gasteiger partial charge in [0, 0.05) is 72.3 Å². The number of aromatic nitrogens is 2. The Morgan fingerprint density at radius 1 is 0.979 bits per heavy atom. The fourth-order valence-electron chi connectivity index (χ4n) is 6.90. The Bertz CT molecular complexity index is 1520. The van der Waals surface area contributed by atoms with Crippen LogP contribution in [-0.4, -0.2) is 99.5 Å². The van der Waals surface area contributed by atoms with Gasteiger partial charge in [0.05, 0.1) is 30.5 Å². The normalized spacial score (nSPS) is 18.9. The quantitative estimate of drug-likeness (QED) is 0.186. The van der Waals surface area contributed by atoms with Gasteiger partial charge < -0.3 is 25.1 Å². The molecule has 8 nitrogen and oxygen atoms in total. The van der Waals surface area contributed by atoms with Crippen LogP contribution in [0.3, 0.4) is 0 Å². The van der Waals surface area contributed by atoms with Crippen molar-refractivity contribution in [2.45, 2.75) is 75.0 Å². The highest BCUT2D eigenvalue weighted by Crippen LogP contribution is 2.40. The fraction of sp³-hybridized carbons (Fsp3) is 0.543. The van der Waals surface area contributed by atoms with Crippen molar-refractivity contribution in [2.24, 2.45) is 0 Å². The van der Waals surface area contributed by atoms with E-state index in [1.165, 1.54) is 12.5 Å². The lowest BCUT2D eigenvalue weighted by Crippen LogP contribution is -2.40. The van der Waals surface area contributed by atoms with Crippen molar-refractivity contribution < 1.29 is 27.5 Å². The van der Waals surface area contributed by atoms with Crippen LogP contribution in [0.1, 0.15) is 48.9 Å². The summed E-state index contributed by atoms with van der Waals surface area (Å²) in [6, 6.07) is 13.0. The van der Waals surface area contributed by atoms with Gasteiger partial charge in [0.2, 0.25) is 0 Å². The number of anilines is 1. The highest BCUT2D eigenvalue weighted by molar-refractivity contribution is 7.99. The molecule has 2 aromatic carbocycles. The number of hydrogen-bond acceptors (Lipinski definition) is 6. The molecule has 3 aliphatic heterocycles. The minimum Gasteiger partial charge on any atom is -0.390 e. The average Bonchev–Trinajstić information content (AvgIpc) is 3.43. The number of aliphatic hydroxyl groups is 1. The van der Waals surface area contributed by atoms with Crippen LogP contribution in [0.5, 0.6) is 0 Å². The Morgan fingerprint density at radius 3 is 2.46 bits per heavy atom. The SMILES string of the molecule is O=C(Nc1ccccc1)N1CCc2c(c(-c3ccc(C(F)(F)F)c(SCCN4CCC(F)CC4)c3)nn2C[C@H](O)CN2CCCCC2)C1. The Labute approximate surface area is 283 Å². The highest BCUT2D eigenvalue weighted by atomic mass is 32.2. The molecule has 0 spiro atoms. The van der Waals surface area contributed by atoms with Gasteiger partial charge in [-0.25, -0.2) is 9.18 Å². The maximum absolute atomic E-state index is 14.2. The van der Waals surface area contributed by atoms with Crippen molar-refractivity contribution in [3.05, 3.63) is 65.4 Å². The molecule has 1 atom stereocenters. The fourth-order valence-corrected chi connectivity index (χ4v) is 8.02. The Hall–Kier alpha value is -3.13. The molecule has 260 valence electrons. The number of aliphatic hydroxyl groups excluding tert-OH is 1. The van der Waals surface area contributed by atoms with E-state index in [4.69, 9.17) is 5.10 Å². The summed E-state index contributed by atoms with van der Waals surface area (Å²) in [5, 5.41) is 18.9. The molecule has 2 amide bonds. The number of nitrogens with zero attached hydrogens (tertiary/aromatic N) is 5. The minimum absolute atomic E-state index is 0.114.